The Bertz CT molecular complexity index is 379. The summed E-state index contributed by atoms with van der Waals surface area (Å²) >= 11 is 5.94. The van der Waals surface area contributed by atoms with Gasteiger partial charge in [0.15, 0.2) is 0 Å². The van der Waals surface area contributed by atoms with Gasteiger partial charge in [-0.25, -0.2) is 0 Å². The summed E-state index contributed by atoms with van der Waals surface area (Å²) in [5.74, 6) is 0.785. The molecule has 2 heteroatoms. The highest BCUT2D eigenvalue weighted by Crippen LogP contribution is 2.51. The van der Waals surface area contributed by atoms with Crippen molar-refractivity contribution in [1.82, 2.24) is 5.32 Å². The van der Waals surface area contributed by atoms with Crippen LogP contribution in [-0.4, -0.2) is 6.54 Å². The van der Waals surface area contributed by atoms with Crippen LogP contribution in [0.4, 0.5) is 0 Å². The lowest BCUT2D eigenvalue weighted by molar-refractivity contribution is 0.318. The molecule has 1 N–H and O–H groups in total. The SMILES string of the molecule is CCC(NCC1(C(C)C)CC1)c1ccc(Cl)cc1. The van der Waals surface area contributed by atoms with E-state index in [0.29, 0.717) is 11.5 Å². The first-order chi connectivity index (χ1) is 8.57. The summed E-state index contributed by atoms with van der Waals surface area (Å²) in [6.45, 7) is 8.07. The molecule has 100 valence electrons. The predicted octanol–water partition coefficient (Wildman–Crippen LogP) is 4.82. The van der Waals surface area contributed by atoms with E-state index < -0.39 is 0 Å². The van der Waals surface area contributed by atoms with Crippen molar-refractivity contribution in [2.24, 2.45) is 11.3 Å². The highest BCUT2D eigenvalue weighted by Gasteiger charge is 2.44. The summed E-state index contributed by atoms with van der Waals surface area (Å²) in [6.07, 6.45) is 3.89. The van der Waals surface area contributed by atoms with Crippen molar-refractivity contribution < 1.29 is 0 Å². The van der Waals surface area contributed by atoms with Crippen LogP contribution in [0.5, 0.6) is 0 Å². The van der Waals surface area contributed by atoms with E-state index in [1.807, 2.05) is 12.1 Å². The quantitative estimate of drug-likeness (QED) is 0.778. The monoisotopic (exact) mass is 265 g/mol. The third-order valence-corrected chi connectivity index (χ3v) is 4.75. The molecule has 1 aliphatic carbocycles. The Kier molecular flexibility index (Phi) is 4.34. The summed E-state index contributed by atoms with van der Waals surface area (Å²) in [5, 5.41) is 4.56. The standard InChI is InChI=1S/C16H24ClN/c1-4-15(13-5-7-14(17)8-6-13)18-11-16(9-10-16)12(2)3/h5-8,12,15,18H,4,9-11H2,1-3H3. The first kappa shape index (κ1) is 13.9. The van der Waals surface area contributed by atoms with Gasteiger partial charge in [0, 0.05) is 17.6 Å². The zero-order chi connectivity index (χ0) is 13.2. The third kappa shape index (κ3) is 3.07. The fourth-order valence-corrected chi connectivity index (χ4v) is 2.76. The van der Waals surface area contributed by atoms with Crippen LogP contribution in [0, 0.1) is 11.3 Å². The fraction of sp³-hybridized carbons (Fsp3) is 0.625. The Morgan fingerprint density at radius 2 is 1.83 bits per heavy atom. The molecule has 0 radical (unpaired) electrons. The second-order valence-corrected chi connectivity index (χ2v) is 6.35. The minimum absolute atomic E-state index is 0.457. The molecule has 1 atom stereocenters. The average Bonchev–Trinajstić information content (AvgIpc) is 3.13. The van der Waals surface area contributed by atoms with Gasteiger partial charge in [0.2, 0.25) is 0 Å². The molecule has 1 nitrogen and oxygen atoms in total. The minimum atomic E-state index is 0.457. The molecular formula is C16H24ClN. The van der Waals surface area contributed by atoms with Crippen molar-refractivity contribution in [3.05, 3.63) is 34.9 Å². The van der Waals surface area contributed by atoms with Crippen molar-refractivity contribution in [1.29, 1.82) is 0 Å². The van der Waals surface area contributed by atoms with Crippen LogP contribution in [0.15, 0.2) is 24.3 Å². The van der Waals surface area contributed by atoms with Crippen molar-refractivity contribution in [2.45, 2.75) is 46.1 Å². The first-order valence-corrected chi connectivity index (χ1v) is 7.44. The van der Waals surface area contributed by atoms with E-state index in [0.717, 1.165) is 23.9 Å². The molecule has 1 aromatic carbocycles. The van der Waals surface area contributed by atoms with Gasteiger partial charge in [0.05, 0.1) is 0 Å². The van der Waals surface area contributed by atoms with E-state index in [-0.39, 0.29) is 0 Å². The Balaban J connectivity index is 1.96. The van der Waals surface area contributed by atoms with Crippen molar-refractivity contribution in [3.63, 3.8) is 0 Å². The van der Waals surface area contributed by atoms with Gasteiger partial charge < -0.3 is 5.32 Å². The fourth-order valence-electron chi connectivity index (χ4n) is 2.64. The van der Waals surface area contributed by atoms with Gasteiger partial charge in [-0.1, -0.05) is 44.5 Å². The van der Waals surface area contributed by atoms with Gasteiger partial charge in [-0.15, -0.1) is 0 Å². The number of hydrogen-bond acceptors (Lipinski definition) is 1. The number of hydrogen-bond donors (Lipinski definition) is 1. The van der Waals surface area contributed by atoms with Crippen LogP contribution in [0.25, 0.3) is 0 Å². The molecule has 0 saturated heterocycles. The number of rotatable bonds is 6. The summed E-state index contributed by atoms with van der Waals surface area (Å²) in [6, 6.07) is 8.70. The molecule has 0 amide bonds. The molecule has 2 rings (SSSR count). The van der Waals surface area contributed by atoms with Gasteiger partial charge in [0.25, 0.3) is 0 Å². The molecule has 1 aliphatic rings. The molecule has 1 aromatic rings. The van der Waals surface area contributed by atoms with Crippen molar-refractivity contribution >= 4 is 11.6 Å². The molecule has 0 spiro atoms. The minimum Gasteiger partial charge on any atom is -0.309 e. The van der Waals surface area contributed by atoms with Crippen LogP contribution in [0.1, 0.15) is 51.6 Å². The maximum atomic E-state index is 5.94. The largest absolute Gasteiger partial charge is 0.309 e. The highest BCUT2D eigenvalue weighted by atomic mass is 35.5. The maximum absolute atomic E-state index is 5.94. The predicted molar refractivity (Wildman–Crippen MR) is 79.0 cm³/mol. The summed E-state index contributed by atoms with van der Waals surface area (Å²) in [5.41, 5.74) is 1.92. The van der Waals surface area contributed by atoms with Gasteiger partial charge in [-0.3, -0.25) is 0 Å². The molecule has 1 saturated carbocycles. The zero-order valence-corrected chi connectivity index (χ0v) is 12.4. The van der Waals surface area contributed by atoms with Crippen molar-refractivity contribution in [3.8, 4) is 0 Å². The summed E-state index contributed by atoms with van der Waals surface area (Å²) < 4.78 is 0. The molecule has 0 heterocycles. The van der Waals surface area contributed by atoms with Crippen LogP contribution in [-0.2, 0) is 0 Å². The van der Waals surface area contributed by atoms with Crippen molar-refractivity contribution in [2.75, 3.05) is 6.54 Å². The van der Waals surface area contributed by atoms with Crippen LogP contribution < -0.4 is 5.32 Å². The van der Waals surface area contributed by atoms with Gasteiger partial charge in [-0.05, 0) is 48.3 Å². The molecule has 0 bridgehead atoms. The normalized spacial score (nSPS) is 18.9. The Morgan fingerprint density at radius 3 is 2.28 bits per heavy atom. The first-order valence-electron chi connectivity index (χ1n) is 7.06. The lowest BCUT2D eigenvalue weighted by atomic mass is 9.91. The van der Waals surface area contributed by atoms with Crippen LogP contribution >= 0.6 is 11.6 Å². The molecule has 18 heavy (non-hydrogen) atoms. The van der Waals surface area contributed by atoms with Crippen LogP contribution in [0.2, 0.25) is 5.02 Å². The van der Waals surface area contributed by atoms with E-state index in [1.165, 1.54) is 18.4 Å². The third-order valence-electron chi connectivity index (χ3n) is 4.50. The van der Waals surface area contributed by atoms with Crippen LogP contribution in [0.3, 0.4) is 0 Å². The Labute approximate surface area is 116 Å². The van der Waals surface area contributed by atoms with Gasteiger partial charge in [0.1, 0.15) is 0 Å². The second-order valence-electron chi connectivity index (χ2n) is 5.91. The molecule has 0 aromatic heterocycles. The van der Waals surface area contributed by atoms with E-state index in [4.69, 9.17) is 11.6 Å². The Morgan fingerprint density at radius 1 is 1.22 bits per heavy atom. The maximum Gasteiger partial charge on any atom is 0.0406 e. The van der Waals surface area contributed by atoms with E-state index in [2.05, 4.69) is 38.2 Å². The smallest absolute Gasteiger partial charge is 0.0406 e. The number of halogens is 1. The topological polar surface area (TPSA) is 12.0 Å². The average molecular weight is 266 g/mol. The zero-order valence-electron chi connectivity index (χ0n) is 11.7. The molecule has 1 unspecified atom stereocenters. The van der Waals surface area contributed by atoms with Gasteiger partial charge in [-0.2, -0.15) is 0 Å². The second kappa shape index (κ2) is 5.63. The molecular weight excluding hydrogens is 242 g/mol. The lowest BCUT2D eigenvalue weighted by Crippen LogP contribution is -2.30. The van der Waals surface area contributed by atoms with E-state index >= 15 is 0 Å². The number of nitrogens with one attached hydrogen (secondary N) is 1. The van der Waals surface area contributed by atoms with E-state index in [1.54, 1.807) is 0 Å². The highest BCUT2D eigenvalue weighted by molar-refractivity contribution is 6.30. The van der Waals surface area contributed by atoms with E-state index in [9.17, 15) is 0 Å². The van der Waals surface area contributed by atoms with Gasteiger partial charge >= 0.3 is 0 Å². The number of benzene rings is 1. The lowest BCUT2D eigenvalue weighted by Gasteiger charge is -2.25. The Hall–Kier alpha value is -0.530. The molecule has 1 fully saturated rings. The molecule has 0 aliphatic heterocycles. The summed E-state index contributed by atoms with van der Waals surface area (Å²) in [7, 11) is 0. The summed E-state index contributed by atoms with van der Waals surface area (Å²) in [4.78, 5) is 0.